The van der Waals surface area contributed by atoms with Gasteiger partial charge in [-0.15, -0.1) is 0 Å². The van der Waals surface area contributed by atoms with Gasteiger partial charge in [0, 0.05) is 7.05 Å². The van der Waals surface area contributed by atoms with E-state index in [0.29, 0.717) is 26.2 Å². The van der Waals surface area contributed by atoms with Crippen molar-refractivity contribution < 1.29 is 19.0 Å². The molecule has 0 radical (unpaired) electrons. The summed E-state index contributed by atoms with van der Waals surface area (Å²) in [5.74, 6) is 1.39. The van der Waals surface area contributed by atoms with Gasteiger partial charge in [0.05, 0.1) is 26.2 Å². The molecule has 0 aromatic heterocycles. The lowest BCUT2D eigenvalue weighted by molar-refractivity contribution is -0.137. The maximum Gasteiger partial charge on any atom is 0.229 e. The summed E-state index contributed by atoms with van der Waals surface area (Å²) in [5.41, 5.74) is 3.53. The smallest absolute Gasteiger partial charge is 0.229 e. The number of hydrogen-bond donors (Lipinski definition) is 0. The lowest BCUT2D eigenvalue weighted by atomic mass is 9.94. The van der Waals surface area contributed by atoms with Gasteiger partial charge in [-0.1, -0.05) is 36.4 Å². The van der Waals surface area contributed by atoms with Gasteiger partial charge in [-0.3, -0.25) is 4.79 Å². The number of likely N-dealkylation sites (N-methyl/N-ethyl adjacent to an activating group) is 1. The zero-order valence-electron chi connectivity index (χ0n) is 15.8. The van der Waals surface area contributed by atoms with Gasteiger partial charge < -0.3 is 19.1 Å². The highest BCUT2D eigenvalue weighted by molar-refractivity contribution is 5.79. The molecule has 0 aliphatic carbocycles. The number of hydrogen-bond acceptors (Lipinski definition) is 4. The average molecular weight is 367 g/mol. The molecule has 27 heavy (non-hydrogen) atoms. The minimum absolute atomic E-state index is 0.0687. The SMILES string of the molecule is COc1cccc2c1OCC(C(=O)N(C)CC1OCCc3ccccc31)C2. The lowest BCUT2D eigenvalue weighted by Gasteiger charge is -2.32. The largest absolute Gasteiger partial charge is 0.493 e. The van der Waals surface area contributed by atoms with Crippen LogP contribution in [0.25, 0.3) is 0 Å². The first-order chi connectivity index (χ1) is 13.2. The second-order valence-corrected chi connectivity index (χ2v) is 7.19. The van der Waals surface area contributed by atoms with Crippen molar-refractivity contribution in [2.24, 2.45) is 5.92 Å². The Balaban J connectivity index is 1.44. The van der Waals surface area contributed by atoms with Gasteiger partial charge in [0.1, 0.15) is 12.7 Å². The fourth-order valence-electron chi connectivity index (χ4n) is 3.99. The van der Waals surface area contributed by atoms with Crippen LogP contribution < -0.4 is 9.47 Å². The quantitative estimate of drug-likeness (QED) is 0.833. The first kappa shape index (κ1) is 17.9. The summed E-state index contributed by atoms with van der Waals surface area (Å²) in [7, 11) is 3.48. The molecular weight excluding hydrogens is 342 g/mol. The predicted molar refractivity (Wildman–Crippen MR) is 102 cm³/mol. The van der Waals surface area contributed by atoms with Crippen LogP contribution in [0.2, 0.25) is 0 Å². The van der Waals surface area contributed by atoms with Gasteiger partial charge >= 0.3 is 0 Å². The summed E-state index contributed by atoms with van der Waals surface area (Å²) in [5, 5.41) is 0. The molecule has 0 N–H and O–H groups in total. The van der Waals surface area contributed by atoms with Crippen LogP contribution in [0, 0.1) is 5.92 Å². The van der Waals surface area contributed by atoms with E-state index in [2.05, 4.69) is 18.2 Å². The number of rotatable bonds is 4. The third-order valence-electron chi connectivity index (χ3n) is 5.43. The summed E-state index contributed by atoms with van der Waals surface area (Å²) in [6, 6.07) is 14.1. The second-order valence-electron chi connectivity index (χ2n) is 7.19. The van der Waals surface area contributed by atoms with Crippen LogP contribution in [0.5, 0.6) is 11.5 Å². The van der Waals surface area contributed by atoms with Gasteiger partial charge in [-0.2, -0.15) is 0 Å². The van der Waals surface area contributed by atoms with Gasteiger partial charge in [0.2, 0.25) is 5.91 Å². The summed E-state index contributed by atoms with van der Waals surface area (Å²) in [6.07, 6.45) is 1.53. The van der Waals surface area contributed by atoms with Crippen molar-refractivity contribution in [3.63, 3.8) is 0 Å². The Morgan fingerprint density at radius 3 is 2.85 bits per heavy atom. The van der Waals surface area contributed by atoms with Crippen molar-refractivity contribution in [3.05, 3.63) is 59.2 Å². The monoisotopic (exact) mass is 367 g/mol. The molecule has 0 bridgehead atoms. The van der Waals surface area contributed by atoms with Gasteiger partial charge in [-0.05, 0) is 35.6 Å². The molecule has 0 spiro atoms. The maximum absolute atomic E-state index is 13.0. The van der Waals surface area contributed by atoms with E-state index in [1.807, 2.05) is 31.3 Å². The number of para-hydroxylation sites is 1. The molecule has 5 heteroatoms. The van der Waals surface area contributed by atoms with E-state index in [9.17, 15) is 4.79 Å². The molecule has 2 aromatic carbocycles. The number of benzene rings is 2. The summed E-state index contributed by atoms with van der Waals surface area (Å²) in [6.45, 7) is 1.62. The summed E-state index contributed by atoms with van der Waals surface area (Å²) >= 11 is 0. The Kier molecular flexibility index (Phi) is 5.03. The standard InChI is InChI=1S/C22H25NO4/c1-23(13-20-18-8-4-3-6-15(18)10-11-26-20)22(24)17-12-16-7-5-9-19(25-2)21(16)27-14-17/h3-9,17,20H,10-14H2,1-2H3. The Morgan fingerprint density at radius 2 is 2.00 bits per heavy atom. The molecule has 2 aliphatic rings. The first-order valence-electron chi connectivity index (χ1n) is 9.40. The molecule has 2 atom stereocenters. The van der Waals surface area contributed by atoms with Crippen LogP contribution in [-0.2, 0) is 22.4 Å². The molecule has 2 heterocycles. The topological polar surface area (TPSA) is 48.0 Å². The third-order valence-corrected chi connectivity index (χ3v) is 5.43. The molecule has 0 saturated heterocycles. The molecule has 142 valence electrons. The van der Waals surface area contributed by atoms with Crippen LogP contribution in [0.3, 0.4) is 0 Å². The molecule has 0 fully saturated rings. The Morgan fingerprint density at radius 1 is 1.19 bits per heavy atom. The zero-order chi connectivity index (χ0) is 18.8. The number of fused-ring (bicyclic) bond motifs is 2. The fourth-order valence-corrected chi connectivity index (χ4v) is 3.99. The van der Waals surface area contributed by atoms with Crippen LogP contribution >= 0.6 is 0 Å². The number of amides is 1. The van der Waals surface area contributed by atoms with Crippen molar-refractivity contribution in [2.45, 2.75) is 18.9 Å². The molecule has 5 nitrogen and oxygen atoms in total. The van der Waals surface area contributed by atoms with E-state index >= 15 is 0 Å². The van der Waals surface area contributed by atoms with Crippen molar-refractivity contribution in [1.82, 2.24) is 4.90 Å². The van der Waals surface area contributed by atoms with Crippen molar-refractivity contribution in [3.8, 4) is 11.5 Å². The first-order valence-corrected chi connectivity index (χ1v) is 9.40. The highest BCUT2D eigenvalue weighted by Crippen LogP contribution is 2.36. The normalized spacial score (nSPS) is 20.8. The number of carbonyl (C=O) groups excluding carboxylic acids is 1. The van der Waals surface area contributed by atoms with E-state index in [-0.39, 0.29) is 17.9 Å². The molecule has 1 amide bonds. The van der Waals surface area contributed by atoms with Gasteiger partial charge in [0.15, 0.2) is 11.5 Å². The lowest BCUT2D eigenvalue weighted by Crippen LogP contribution is -2.41. The Labute approximate surface area is 159 Å². The minimum atomic E-state index is -0.187. The van der Waals surface area contributed by atoms with Crippen LogP contribution in [-0.4, -0.2) is 44.7 Å². The molecular formula is C22H25NO4. The zero-order valence-corrected chi connectivity index (χ0v) is 15.8. The molecule has 0 saturated carbocycles. The van der Waals surface area contributed by atoms with Gasteiger partial charge in [-0.25, -0.2) is 0 Å². The average Bonchev–Trinajstić information content (AvgIpc) is 2.72. The maximum atomic E-state index is 13.0. The van der Waals surface area contributed by atoms with E-state index in [1.54, 1.807) is 12.0 Å². The van der Waals surface area contributed by atoms with E-state index < -0.39 is 0 Å². The minimum Gasteiger partial charge on any atom is -0.493 e. The number of methoxy groups -OCH3 is 1. The van der Waals surface area contributed by atoms with Crippen molar-refractivity contribution in [2.75, 3.05) is 33.9 Å². The van der Waals surface area contributed by atoms with Crippen LogP contribution in [0.15, 0.2) is 42.5 Å². The second kappa shape index (κ2) is 7.61. The van der Waals surface area contributed by atoms with Gasteiger partial charge in [0.25, 0.3) is 0 Å². The molecule has 2 aromatic rings. The highest BCUT2D eigenvalue weighted by Gasteiger charge is 2.31. The summed E-state index contributed by atoms with van der Waals surface area (Å²) in [4.78, 5) is 14.8. The molecule has 2 aliphatic heterocycles. The Bertz CT molecular complexity index is 835. The number of nitrogens with zero attached hydrogens (tertiary/aromatic N) is 1. The molecule has 4 rings (SSSR count). The summed E-state index contributed by atoms with van der Waals surface area (Å²) < 4.78 is 17.2. The number of carbonyl (C=O) groups is 1. The van der Waals surface area contributed by atoms with E-state index in [0.717, 1.165) is 23.5 Å². The molecule has 2 unspecified atom stereocenters. The highest BCUT2D eigenvalue weighted by atomic mass is 16.5. The van der Waals surface area contributed by atoms with E-state index in [1.165, 1.54) is 11.1 Å². The van der Waals surface area contributed by atoms with Crippen molar-refractivity contribution >= 4 is 5.91 Å². The van der Waals surface area contributed by atoms with Crippen LogP contribution in [0.1, 0.15) is 22.8 Å². The Hall–Kier alpha value is -2.53. The number of ether oxygens (including phenoxy) is 3. The van der Waals surface area contributed by atoms with E-state index in [4.69, 9.17) is 14.2 Å². The predicted octanol–water partition coefficient (Wildman–Crippen LogP) is 3.02. The van der Waals surface area contributed by atoms with Crippen LogP contribution in [0.4, 0.5) is 0 Å². The van der Waals surface area contributed by atoms with Crippen molar-refractivity contribution in [1.29, 1.82) is 0 Å². The fraction of sp³-hybridized carbons (Fsp3) is 0.409. The third kappa shape index (κ3) is 3.52.